The lowest BCUT2D eigenvalue weighted by Gasteiger charge is -2.17. The molecule has 0 bridgehead atoms. The lowest BCUT2D eigenvalue weighted by molar-refractivity contribution is 0.616. The van der Waals surface area contributed by atoms with Crippen molar-refractivity contribution < 1.29 is 0 Å². The normalized spacial score (nSPS) is 15.5. The van der Waals surface area contributed by atoms with Crippen molar-refractivity contribution in [3.8, 4) is 0 Å². The maximum Gasteiger partial charge on any atom is 0.129 e. The van der Waals surface area contributed by atoms with Gasteiger partial charge in [0.15, 0.2) is 0 Å². The van der Waals surface area contributed by atoms with Crippen LogP contribution in [-0.4, -0.2) is 16.5 Å². The first-order valence-electron chi connectivity index (χ1n) is 4.56. The second-order valence-electron chi connectivity index (χ2n) is 3.14. The number of aromatic nitrogens is 2. The quantitative estimate of drug-likeness (QED) is 0.757. The fourth-order valence-electron chi connectivity index (χ4n) is 1.51. The van der Waals surface area contributed by atoms with Crippen LogP contribution in [0.5, 0.6) is 0 Å². The summed E-state index contributed by atoms with van der Waals surface area (Å²) in [6.07, 6.45) is 1.92. The fraction of sp³-hybridized carbons (Fsp3) is 0.556. The molecule has 1 N–H and O–H groups in total. The van der Waals surface area contributed by atoms with Gasteiger partial charge in [0, 0.05) is 31.5 Å². The molecular weight excluding hydrogens is 230 g/mol. The summed E-state index contributed by atoms with van der Waals surface area (Å²) in [6, 6.07) is 0. The van der Waals surface area contributed by atoms with E-state index in [9.17, 15) is 0 Å². The maximum absolute atomic E-state index is 4.51. The number of nitrogens with zero attached hydrogens (tertiary/aromatic N) is 2. The number of fused-ring (bicyclic) bond motifs is 1. The van der Waals surface area contributed by atoms with Crippen molar-refractivity contribution in [1.29, 1.82) is 0 Å². The second kappa shape index (κ2) is 3.72. The molecule has 1 aliphatic rings. The Bertz CT molecular complexity index is 325. The summed E-state index contributed by atoms with van der Waals surface area (Å²) >= 11 is 3.48. The Morgan fingerprint density at radius 3 is 3.08 bits per heavy atom. The number of hydrogen-bond donors (Lipinski definition) is 1. The molecule has 70 valence electrons. The third-order valence-corrected chi connectivity index (χ3v) is 2.90. The summed E-state index contributed by atoms with van der Waals surface area (Å²) < 4.78 is 0.960. The van der Waals surface area contributed by atoms with E-state index in [2.05, 4.69) is 38.1 Å². The maximum atomic E-state index is 4.51. The Hall–Kier alpha value is -0.480. The van der Waals surface area contributed by atoms with Crippen molar-refractivity contribution in [2.24, 2.45) is 0 Å². The van der Waals surface area contributed by atoms with E-state index in [1.54, 1.807) is 0 Å². The molecule has 0 atom stereocenters. The van der Waals surface area contributed by atoms with Gasteiger partial charge in [0.25, 0.3) is 0 Å². The van der Waals surface area contributed by atoms with Gasteiger partial charge < -0.3 is 5.32 Å². The summed E-state index contributed by atoms with van der Waals surface area (Å²) in [5, 5.41) is 3.31. The Balaban J connectivity index is 2.47. The highest BCUT2D eigenvalue weighted by molar-refractivity contribution is 9.10. The van der Waals surface area contributed by atoms with E-state index in [0.29, 0.717) is 0 Å². The van der Waals surface area contributed by atoms with Crippen LogP contribution in [0.15, 0.2) is 4.60 Å². The monoisotopic (exact) mass is 241 g/mol. The van der Waals surface area contributed by atoms with Crippen molar-refractivity contribution in [1.82, 2.24) is 15.3 Å². The van der Waals surface area contributed by atoms with Gasteiger partial charge in [-0.3, -0.25) is 0 Å². The molecule has 13 heavy (non-hydrogen) atoms. The highest BCUT2D eigenvalue weighted by Gasteiger charge is 2.14. The third kappa shape index (κ3) is 1.74. The minimum atomic E-state index is 0.889. The Morgan fingerprint density at radius 1 is 1.46 bits per heavy atom. The molecule has 2 rings (SSSR count). The summed E-state index contributed by atoms with van der Waals surface area (Å²) in [7, 11) is 0. The Morgan fingerprint density at radius 2 is 2.31 bits per heavy atom. The van der Waals surface area contributed by atoms with E-state index < -0.39 is 0 Å². The molecule has 0 aromatic carbocycles. The first-order valence-corrected chi connectivity index (χ1v) is 5.35. The zero-order valence-electron chi connectivity index (χ0n) is 7.60. The molecule has 1 aromatic heterocycles. The van der Waals surface area contributed by atoms with Gasteiger partial charge in [-0.2, -0.15) is 0 Å². The molecule has 0 amide bonds. The molecule has 0 unspecified atom stereocenters. The van der Waals surface area contributed by atoms with E-state index in [1.807, 2.05) is 0 Å². The molecule has 2 heterocycles. The molecule has 3 nitrogen and oxygen atoms in total. The SMILES string of the molecule is CCc1nc(Br)c2c(n1)CCNC2. The van der Waals surface area contributed by atoms with Gasteiger partial charge in [0.2, 0.25) is 0 Å². The van der Waals surface area contributed by atoms with Gasteiger partial charge in [0.05, 0.1) is 5.69 Å². The van der Waals surface area contributed by atoms with Crippen LogP contribution in [0, 0.1) is 0 Å². The highest BCUT2D eigenvalue weighted by Crippen LogP contribution is 2.20. The molecule has 0 saturated carbocycles. The van der Waals surface area contributed by atoms with Gasteiger partial charge in [-0.1, -0.05) is 6.92 Å². The predicted molar refractivity (Wildman–Crippen MR) is 54.5 cm³/mol. The van der Waals surface area contributed by atoms with Crippen molar-refractivity contribution >= 4 is 15.9 Å². The average molecular weight is 242 g/mol. The highest BCUT2D eigenvalue weighted by atomic mass is 79.9. The molecule has 0 aliphatic carbocycles. The van der Waals surface area contributed by atoms with Crippen molar-refractivity contribution in [3.63, 3.8) is 0 Å². The summed E-state index contributed by atoms with van der Waals surface area (Å²) in [6.45, 7) is 3.99. The van der Waals surface area contributed by atoms with Gasteiger partial charge in [-0.25, -0.2) is 9.97 Å². The van der Waals surface area contributed by atoms with Crippen LogP contribution in [0.25, 0.3) is 0 Å². The van der Waals surface area contributed by atoms with Crippen LogP contribution in [-0.2, 0) is 19.4 Å². The zero-order valence-corrected chi connectivity index (χ0v) is 9.19. The van der Waals surface area contributed by atoms with E-state index in [0.717, 1.165) is 36.4 Å². The zero-order chi connectivity index (χ0) is 9.26. The minimum Gasteiger partial charge on any atom is -0.312 e. The van der Waals surface area contributed by atoms with Crippen LogP contribution in [0.1, 0.15) is 24.0 Å². The van der Waals surface area contributed by atoms with Crippen LogP contribution < -0.4 is 5.32 Å². The molecule has 0 fully saturated rings. The van der Waals surface area contributed by atoms with E-state index >= 15 is 0 Å². The van der Waals surface area contributed by atoms with Crippen LogP contribution in [0.4, 0.5) is 0 Å². The largest absolute Gasteiger partial charge is 0.312 e. The van der Waals surface area contributed by atoms with E-state index in [-0.39, 0.29) is 0 Å². The first-order chi connectivity index (χ1) is 6.31. The number of aryl methyl sites for hydroxylation is 1. The Kier molecular flexibility index (Phi) is 2.60. The molecule has 0 spiro atoms. The molecule has 0 radical (unpaired) electrons. The standard InChI is InChI=1S/C9H12BrN3/c1-2-8-12-7-3-4-11-5-6(7)9(10)13-8/h11H,2-5H2,1H3. The topological polar surface area (TPSA) is 37.8 Å². The number of hydrogen-bond acceptors (Lipinski definition) is 3. The van der Waals surface area contributed by atoms with E-state index in [4.69, 9.17) is 0 Å². The third-order valence-electron chi connectivity index (χ3n) is 2.25. The van der Waals surface area contributed by atoms with E-state index in [1.165, 1.54) is 11.3 Å². The number of rotatable bonds is 1. The molecule has 4 heteroatoms. The predicted octanol–water partition coefficient (Wildman–Crippen LogP) is 1.45. The molecule has 1 aliphatic heterocycles. The minimum absolute atomic E-state index is 0.889. The van der Waals surface area contributed by atoms with Crippen molar-refractivity contribution in [3.05, 3.63) is 21.7 Å². The summed E-state index contributed by atoms with van der Waals surface area (Å²) in [5.41, 5.74) is 2.43. The first kappa shape index (κ1) is 9.09. The summed E-state index contributed by atoms with van der Waals surface area (Å²) in [5.74, 6) is 0.938. The van der Waals surface area contributed by atoms with Gasteiger partial charge >= 0.3 is 0 Å². The van der Waals surface area contributed by atoms with Crippen LogP contribution in [0.2, 0.25) is 0 Å². The molecule has 0 saturated heterocycles. The smallest absolute Gasteiger partial charge is 0.129 e. The number of halogens is 1. The van der Waals surface area contributed by atoms with Gasteiger partial charge in [-0.15, -0.1) is 0 Å². The molecular formula is C9H12BrN3. The Labute approximate surface area is 86.1 Å². The average Bonchev–Trinajstić information content (AvgIpc) is 2.18. The fourth-order valence-corrected chi connectivity index (χ4v) is 2.08. The van der Waals surface area contributed by atoms with Crippen LogP contribution in [0.3, 0.4) is 0 Å². The summed E-state index contributed by atoms with van der Waals surface area (Å²) in [4.78, 5) is 8.88. The lowest BCUT2D eigenvalue weighted by atomic mass is 10.1. The van der Waals surface area contributed by atoms with Crippen molar-refractivity contribution in [2.75, 3.05) is 6.54 Å². The second-order valence-corrected chi connectivity index (χ2v) is 3.89. The molecule has 1 aromatic rings. The van der Waals surface area contributed by atoms with Crippen molar-refractivity contribution in [2.45, 2.75) is 26.3 Å². The number of nitrogens with one attached hydrogen (secondary N) is 1. The van der Waals surface area contributed by atoms with Gasteiger partial charge in [-0.05, 0) is 15.9 Å². The van der Waals surface area contributed by atoms with Gasteiger partial charge in [0.1, 0.15) is 10.4 Å². The van der Waals surface area contributed by atoms with Crippen LogP contribution >= 0.6 is 15.9 Å². The lowest BCUT2D eigenvalue weighted by Crippen LogP contribution is -2.26.